The third-order valence-corrected chi connectivity index (χ3v) is 4.01. The van der Waals surface area contributed by atoms with E-state index >= 15 is 0 Å². The van der Waals surface area contributed by atoms with Gasteiger partial charge >= 0.3 is 0 Å². The molecule has 1 aromatic heterocycles. The predicted octanol–water partition coefficient (Wildman–Crippen LogP) is 2.83. The smallest absolute Gasteiger partial charge is 0.217 e. The van der Waals surface area contributed by atoms with E-state index in [1.165, 1.54) is 6.07 Å². The van der Waals surface area contributed by atoms with Gasteiger partial charge in [-0.3, -0.25) is 4.79 Å². The fourth-order valence-electron chi connectivity index (χ4n) is 2.11. The maximum absolute atomic E-state index is 13.7. The molecular formula is C13H14ClFIN3O. The number of benzene rings is 1. The molecule has 0 aliphatic rings. The molecule has 1 heterocycles. The fraction of sp³-hybridized carbons (Fsp3) is 0.385. The van der Waals surface area contributed by atoms with Gasteiger partial charge in [0, 0.05) is 31.3 Å². The van der Waals surface area contributed by atoms with Crippen LogP contribution in [0.2, 0.25) is 0 Å². The predicted molar refractivity (Wildman–Crippen MR) is 85.3 cm³/mol. The van der Waals surface area contributed by atoms with Crippen molar-refractivity contribution in [1.29, 1.82) is 0 Å². The van der Waals surface area contributed by atoms with Crippen molar-refractivity contribution in [2.75, 3.05) is 5.88 Å². The Kier molecular flexibility index (Phi) is 5.20. The van der Waals surface area contributed by atoms with E-state index < -0.39 is 0 Å². The molecule has 1 amide bonds. The number of amides is 1. The number of aromatic nitrogens is 2. The van der Waals surface area contributed by atoms with Crippen LogP contribution < -0.4 is 5.73 Å². The summed E-state index contributed by atoms with van der Waals surface area (Å²) in [6.07, 6.45) is 1.50. The van der Waals surface area contributed by atoms with Gasteiger partial charge in [-0.25, -0.2) is 9.37 Å². The van der Waals surface area contributed by atoms with Crippen molar-refractivity contribution in [2.45, 2.75) is 25.8 Å². The lowest BCUT2D eigenvalue weighted by Gasteiger charge is -2.08. The zero-order chi connectivity index (χ0) is 14.7. The molecule has 0 atom stereocenters. The van der Waals surface area contributed by atoms with Crippen molar-refractivity contribution in [1.82, 2.24) is 9.55 Å². The van der Waals surface area contributed by atoms with Gasteiger partial charge in [0.05, 0.1) is 14.6 Å². The Morgan fingerprint density at radius 3 is 2.90 bits per heavy atom. The van der Waals surface area contributed by atoms with Crippen molar-refractivity contribution in [3.05, 3.63) is 27.3 Å². The Labute approximate surface area is 134 Å². The van der Waals surface area contributed by atoms with Crippen LogP contribution in [0.1, 0.15) is 18.7 Å². The van der Waals surface area contributed by atoms with Crippen LogP contribution in [0.5, 0.6) is 0 Å². The van der Waals surface area contributed by atoms with E-state index in [2.05, 4.69) is 4.98 Å². The number of nitrogens with two attached hydrogens (primary N) is 1. The number of hydrogen-bond donors (Lipinski definition) is 1. The summed E-state index contributed by atoms with van der Waals surface area (Å²) in [7, 11) is 0. The molecule has 0 aliphatic heterocycles. The second kappa shape index (κ2) is 6.71. The average Bonchev–Trinajstić information content (AvgIpc) is 2.68. The molecular weight excluding hydrogens is 396 g/mol. The molecule has 0 fully saturated rings. The van der Waals surface area contributed by atoms with E-state index in [0.29, 0.717) is 35.3 Å². The lowest BCUT2D eigenvalue weighted by molar-refractivity contribution is -0.118. The topological polar surface area (TPSA) is 60.9 Å². The molecule has 0 bridgehead atoms. The Morgan fingerprint density at radius 1 is 1.50 bits per heavy atom. The number of imidazole rings is 1. The SMILES string of the molecule is NC(=O)CCCn1c(CCCl)nc2cc(I)c(F)cc21. The van der Waals surface area contributed by atoms with E-state index in [9.17, 15) is 9.18 Å². The lowest BCUT2D eigenvalue weighted by atomic mass is 10.2. The molecule has 0 spiro atoms. The highest BCUT2D eigenvalue weighted by atomic mass is 127. The zero-order valence-corrected chi connectivity index (χ0v) is 13.6. The van der Waals surface area contributed by atoms with Crippen LogP contribution in [0, 0.1) is 9.39 Å². The molecule has 2 N–H and O–H groups in total. The Hall–Kier alpha value is -0.890. The summed E-state index contributed by atoms with van der Waals surface area (Å²) in [5, 5.41) is 0. The number of carbonyl (C=O) groups is 1. The van der Waals surface area contributed by atoms with Crippen LogP contribution >= 0.6 is 34.2 Å². The van der Waals surface area contributed by atoms with Crippen LogP contribution in [0.25, 0.3) is 11.0 Å². The van der Waals surface area contributed by atoms with Gasteiger partial charge in [-0.2, -0.15) is 0 Å². The van der Waals surface area contributed by atoms with Gasteiger partial charge in [0.1, 0.15) is 11.6 Å². The van der Waals surface area contributed by atoms with Gasteiger partial charge in [-0.05, 0) is 35.1 Å². The molecule has 2 aromatic rings. The van der Waals surface area contributed by atoms with Crippen molar-refractivity contribution >= 4 is 51.1 Å². The average molecular weight is 410 g/mol. The van der Waals surface area contributed by atoms with E-state index in [1.807, 2.05) is 27.2 Å². The molecule has 108 valence electrons. The zero-order valence-electron chi connectivity index (χ0n) is 10.7. The van der Waals surface area contributed by atoms with Crippen molar-refractivity contribution in [3.8, 4) is 0 Å². The summed E-state index contributed by atoms with van der Waals surface area (Å²) in [6, 6.07) is 3.19. The summed E-state index contributed by atoms with van der Waals surface area (Å²) in [6.45, 7) is 0.575. The molecule has 1 aromatic carbocycles. The highest BCUT2D eigenvalue weighted by Gasteiger charge is 2.13. The first-order valence-electron chi connectivity index (χ1n) is 6.21. The monoisotopic (exact) mass is 409 g/mol. The minimum absolute atomic E-state index is 0.272. The number of aryl methyl sites for hydroxylation is 2. The number of carbonyl (C=O) groups excluding carboxylic acids is 1. The third kappa shape index (κ3) is 3.41. The maximum atomic E-state index is 13.7. The molecule has 4 nitrogen and oxygen atoms in total. The first-order valence-corrected chi connectivity index (χ1v) is 7.82. The van der Waals surface area contributed by atoms with E-state index in [0.717, 1.165) is 16.9 Å². The summed E-state index contributed by atoms with van der Waals surface area (Å²) in [4.78, 5) is 15.3. The quantitative estimate of drug-likeness (QED) is 0.589. The van der Waals surface area contributed by atoms with Gasteiger partial charge in [-0.15, -0.1) is 11.6 Å². The molecule has 0 aliphatic carbocycles. The van der Waals surface area contributed by atoms with Gasteiger partial charge in [-0.1, -0.05) is 0 Å². The minimum Gasteiger partial charge on any atom is -0.370 e. The molecule has 0 radical (unpaired) electrons. The van der Waals surface area contributed by atoms with Crippen LogP contribution in [0.3, 0.4) is 0 Å². The Morgan fingerprint density at radius 2 is 2.25 bits per heavy atom. The highest BCUT2D eigenvalue weighted by molar-refractivity contribution is 14.1. The number of hydrogen-bond acceptors (Lipinski definition) is 2. The van der Waals surface area contributed by atoms with Gasteiger partial charge in [0.2, 0.25) is 5.91 Å². The molecule has 0 unspecified atom stereocenters. The van der Waals surface area contributed by atoms with Gasteiger partial charge in [0.15, 0.2) is 0 Å². The van der Waals surface area contributed by atoms with E-state index in [4.69, 9.17) is 17.3 Å². The fourth-order valence-corrected chi connectivity index (χ4v) is 2.73. The van der Waals surface area contributed by atoms with Gasteiger partial charge in [0.25, 0.3) is 0 Å². The normalized spacial score (nSPS) is 11.2. The molecule has 7 heteroatoms. The number of halogens is 3. The van der Waals surface area contributed by atoms with E-state index in [-0.39, 0.29) is 11.7 Å². The van der Waals surface area contributed by atoms with Crippen molar-refractivity contribution in [2.24, 2.45) is 5.73 Å². The molecule has 20 heavy (non-hydrogen) atoms. The van der Waals surface area contributed by atoms with Crippen LogP contribution in [-0.4, -0.2) is 21.3 Å². The van der Waals surface area contributed by atoms with Crippen molar-refractivity contribution in [3.63, 3.8) is 0 Å². The number of nitrogens with zero attached hydrogens (tertiary/aromatic N) is 2. The van der Waals surface area contributed by atoms with Crippen LogP contribution in [-0.2, 0) is 17.8 Å². The number of primary amides is 1. The minimum atomic E-state index is -0.339. The third-order valence-electron chi connectivity index (χ3n) is 2.99. The summed E-state index contributed by atoms with van der Waals surface area (Å²) >= 11 is 7.72. The maximum Gasteiger partial charge on any atom is 0.217 e. The summed E-state index contributed by atoms with van der Waals surface area (Å²) in [5.41, 5.74) is 6.61. The summed E-state index contributed by atoms with van der Waals surface area (Å²) in [5.74, 6) is 0.639. The summed E-state index contributed by atoms with van der Waals surface area (Å²) < 4.78 is 16.2. The van der Waals surface area contributed by atoms with Crippen LogP contribution in [0.15, 0.2) is 12.1 Å². The van der Waals surface area contributed by atoms with Crippen molar-refractivity contribution < 1.29 is 9.18 Å². The largest absolute Gasteiger partial charge is 0.370 e. The second-order valence-corrected chi connectivity index (χ2v) is 5.98. The Bertz CT molecular complexity index is 644. The number of fused-ring (bicyclic) bond motifs is 1. The first kappa shape index (κ1) is 15.5. The molecule has 2 rings (SSSR count). The van der Waals surface area contributed by atoms with E-state index in [1.54, 1.807) is 6.07 Å². The van der Waals surface area contributed by atoms with Crippen LogP contribution in [0.4, 0.5) is 4.39 Å². The highest BCUT2D eigenvalue weighted by Crippen LogP contribution is 2.23. The standard InChI is InChI=1S/C13H14ClFIN3O/c14-4-3-13-18-10-7-9(16)8(15)6-11(10)19(13)5-1-2-12(17)20/h6-7H,1-5H2,(H2,17,20). The second-order valence-electron chi connectivity index (χ2n) is 4.44. The number of rotatable bonds is 6. The van der Waals surface area contributed by atoms with Gasteiger partial charge < -0.3 is 10.3 Å². The molecule has 0 saturated heterocycles. The first-order chi connectivity index (χ1) is 9.52. The number of alkyl halides is 1. The lowest BCUT2D eigenvalue weighted by Crippen LogP contribution is -2.12. The Balaban J connectivity index is 2.39. The molecule has 0 saturated carbocycles.